The van der Waals surface area contributed by atoms with Gasteiger partial charge in [-0.3, -0.25) is 0 Å². The molecular weight excluding hydrogens is 232 g/mol. The van der Waals surface area contributed by atoms with Gasteiger partial charge >= 0.3 is 0 Å². The number of hydrogen-bond acceptors (Lipinski definition) is 6. The van der Waals surface area contributed by atoms with Crippen LogP contribution < -0.4 is 11.1 Å². The Labute approximate surface area is 104 Å². The van der Waals surface area contributed by atoms with Crippen molar-refractivity contribution in [2.45, 2.75) is 31.2 Å². The molecule has 1 fully saturated rings. The molecule has 0 bridgehead atoms. The number of hydrogen-bond donors (Lipinski definition) is 4. The predicted molar refractivity (Wildman–Crippen MR) is 68.0 cm³/mol. The molecule has 2 aromatic rings. The van der Waals surface area contributed by atoms with Crippen molar-refractivity contribution in [2.24, 2.45) is 0 Å². The van der Waals surface area contributed by atoms with Crippen LogP contribution in [0.25, 0.3) is 11.2 Å². The first-order valence-corrected chi connectivity index (χ1v) is 6.08. The average molecular weight is 248 g/mol. The Balaban J connectivity index is 2.01. The van der Waals surface area contributed by atoms with Gasteiger partial charge in [-0.2, -0.15) is 9.97 Å². The smallest absolute Gasteiger partial charge is 0.224 e. The fourth-order valence-corrected chi connectivity index (χ4v) is 2.57. The Morgan fingerprint density at radius 2 is 2.17 bits per heavy atom. The molecule has 0 spiro atoms. The molecule has 0 unspecified atom stereocenters. The Morgan fingerprint density at radius 3 is 2.89 bits per heavy atom. The number of nitrogen functional groups attached to an aromatic ring is 1. The van der Waals surface area contributed by atoms with E-state index in [0.717, 1.165) is 31.2 Å². The van der Waals surface area contributed by atoms with Crippen LogP contribution in [0, 0.1) is 0 Å². The molecule has 18 heavy (non-hydrogen) atoms. The van der Waals surface area contributed by atoms with Crippen molar-refractivity contribution in [1.82, 2.24) is 19.9 Å². The second-order valence-electron chi connectivity index (χ2n) is 4.80. The van der Waals surface area contributed by atoms with Crippen LogP contribution in [0.15, 0.2) is 6.33 Å². The fraction of sp³-hybridized carbons (Fsp3) is 0.545. The van der Waals surface area contributed by atoms with Crippen LogP contribution in [0.3, 0.4) is 0 Å². The summed E-state index contributed by atoms with van der Waals surface area (Å²) >= 11 is 0. The van der Waals surface area contributed by atoms with Crippen molar-refractivity contribution < 1.29 is 5.11 Å². The summed E-state index contributed by atoms with van der Waals surface area (Å²) in [5.74, 6) is 0.800. The zero-order valence-electron chi connectivity index (χ0n) is 9.98. The standard InChI is InChI=1S/C11H16N6O/c12-10-15-8-7(13-6-14-8)9(16-10)17-11(5-18)3-1-2-4-11/h6,18H,1-5H2,(H4,12,13,14,15,16,17). The number of nitrogens with zero attached hydrogens (tertiary/aromatic N) is 3. The van der Waals surface area contributed by atoms with Gasteiger partial charge in [-0.15, -0.1) is 0 Å². The molecule has 7 heteroatoms. The summed E-state index contributed by atoms with van der Waals surface area (Å²) in [5, 5.41) is 12.9. The van der Waals surface area contributed by atoms with E-state index in [2.05, 4.69) is 25.3 Å². The van der Waals surface area contributed by atoms with E-state index in [9.17, 15) is 5.11 Å². The summed E-state index contributed by atoms with van der Waals surface area (Å²) in [6, 6.07) is 0. The van der Waals surface area contributed by atoms with Crippen LogP contribution in [-0.4, -0.2) is 37.2 Å². The lowest BCUT2D eigenvalue weighted by Crippen LogP contribution is -2.39. The monoisotopic (exact) mass is 248 g/mol. The summed E-state index contributed by atoms with van der Waals surface area (Å²) in [7, 11) is 0. The summed E-state index contributed by atoms with van der Waals surface area (Å²) in [6.45, 7) is 0.0898. The minimum Gasteiger partial charge on any atom is -0.394 e. The number of H-pyrrole nitrogens is 1. The average Bonchev–Trinajstić information content (AvgIpc) is 2.98. The summed E-state index contributed by atoms with van der Waals surface area (Å²) in [5.41, 5.74) is 6.64. The number of imidazole rings is 1. The molecule has 0 saturated heterocycles. The largest absolute Gasteiger partial charge is 0.394 e. The van der Waals surface area contributed by atoms with Crippen LogP contribution in [0.1, 0.15) is 25.7 Å². The van der Waals surface area contributed by atoms with E-state index in [0.29, 0.717) is 11.5 Å². The second kappa shape index (κ2) is 4.09. The zero-order chi connectivity index (χ0) is 12.6. The van der Waals surface area contributed by atoms with Crippen LogP contribution >= 0.6 is 0 Å². The normalized spacial score (nSPS) is 18.3. The molecule has 2 heterocycles. The summed E-state index contributed by atoms with van der Waals surface area (Å²) in [6.07, 6.45) is 5.65. The topological polar surface area (TPSA) is 113 Å². The number of anilines is 2. The molecule has 0 amide bonds. The molecule has 0 aliphatic heterocycles. The van der Waals surface area contributed by atoms with Gasteiger partial charge in [0.2, 0.25) is 5.95 Å². The Hall–Kier alpha value is -1.89. The van der Waals surface area contributed by atoms with Crippen molar-refractivity contribution in [3.8, 4) is 0 Å². The number of nitrogens with two attached hydrogens (primary N) is 1. The lowest BCUT2D eigenvalue weighted by atomic mass is 9.99. The molecule has 0 radical (unpaired) electrons. The highest BCUT2D eigenvalue weighted by Crippen LogP contribution is 2.33. The first-order chi connectivity index (χ1) is 8.72. The highest BCUT2D eigenvalue weighted by molar-refractivity contribution is 5.83. The van der Waals surface area contributed by atoms with Gasteiger partial charge in [0.25, 0.3) is 0 Å². The van der Waals surface area contributed by atoms with Crippen LogP contribution in [-0.2, 0) is 0 Å². The minimum absolute atomic E-state index is 0.0898. The molecule has 1 saturated carbocycles. The molecule has 1 aliphatic carbocycles. The number of rotatable bonds is 3. The van der Waals surface area contributed by atoms with E-state index in [1.165, 1.54) is 0 Å². The van der Waals surface area contributed by atoms with Crippen molar-refractivity contribution in [3.05, 3.63) is 6.33 Å². The Kier molecular flexibility index (Phi) is 2.55. The third-order valence-electron chi connectivity index (χ3n) is 3.55. The van der Waals surface area contributed by atoms with E-state index in [1.807, 2.05) is 0 Å². The van der Waals surface area contributed by atoms with Gasteiger partial charge in [0.15, 0.2) is 11.5 Å². The van der Waals surface area contributed by atoms with Crippen LogP contribution in [0.5, 0.6) is 0 Å². The van der Waals surface area contributed by atoms with Gasteiger partial charge in [0, 0.05) is 0 Å². The number of nitrogens with one attached hydrogen (secondary N) is 2. The van der Waals surface area contributed by atoms with Gasteiger partial charge in [0.1, 0.15) is 5.52 Å². The highest BCUT2D eigenvalue weighted by atomic mass is 16.3. The van der Waals surface area contributed by atoms with Crippen molar-refractivity contribution in [1.29, 1.82) is 0 Å². The quantitative estimate of drug-likeness (QED) is 0.634. The SMILES string of the molecule is Nc1nc(NC2(CO)CCCC2)c2[nH]cnc2n1. The fourth-order valence-electron chi connectivity index (χ4n) is 2.57. The molecule has 0 aromatic carbocycles. The van der Waals surface area contributed by atoms with E-state index in [4.69, 9.17) is 5.73 Å². The highest BCUT2D eigenvalue weighted by Gasteiger charge is 2.34. The predicted octanol–water partition coefficient (Wildman–Crippen LogP) is 0.652. The van der Waals surface area contributed by atoms with E-state index in [1.54, 1.807) is 6.33 Å². The molecule has 7 nitrogen and oxygen atoms in total. The van der Waals surface area contributed by atoms with E-state index in [-0.39, 0.29) is 18.1 Å². The van der Waals surface area contributed by atoms with Crippen LogP contribution in [0.4, 0.5) is 11.8 Å². The molecule has 2 aromatic heterocycles. The molecular formula is C11H16N6O. The number of aliphatic hydroxyl groups is 1. The first-order valence-electron chi connectivity index (χ1n) is 6.08. The zero-order valence-corrected chi connectivity index (χ0v) is 9.98. The lowest BCUT2D eigenvalue weighted by Gasteiger charge is -2.28. The van der Waals surface area contributed by atoms with E-state index >= 15 is 0 Å². The molecule has 1 aliphatic rings. The van der Waals surface area contributed by atoms with Gasteiger partial charge in [-0.1, -0.05) is 12.8 Å². The maximum absolute atomic E-state index is 9.61. The first kappa shape index (κ1) is 11.2. The maximum atomic E-state index is 9.61. The summed E-state index contributed by atoms with van der Waals surface area (Å²) < 4.78 is 0. The van der Waals surface area contributed by atoms with Crippen molar-refractivity contribution in [2.75, 3.05) is 17.7 Å². The minimum atomic E-state index is -0.293. The molecule has 5 N–H and O–H groups in total. The second-order valence-corrected chi connectivity index (χ2v) is 4.80. The number of aliphatic hydroxyl groups excluding tert-OH is 1. The van der Waals surface area contributed by atoms with Gasteiger partial charge in [0.05, 0.1) is 18.5 Å². The Bertz CT molecular complexity index is 560. The van der Waals surface area contributed by atoms with Gasteiger partial charge < -0.3 is 21.1 Å². The van der Waals surface area contributed by atoms with Crippen molar-refractivity contribution in [3.63, 3.8) is 0 Å². The number of fused-ring (bicyclic) bond motifs is 1. The summed E-state index contributed by atoms with van der Waals surface area (Å²) in [4.78, 5) is 15.3. The molecule has 3 rings (SSSR count). The van der Waals surface area contributed by atoms with Gasteiger partial charge in [-0.25, -0.2) is 4.98 Å². The molecule has 96 valence electrons. The van der Waals surface area contributed by atoms with E-state index < -0.39 is 0 Å². The van der Waals surface area contributed by atoms with Crippen LogP contribution in [0.2, 0.25) is 0 Å². The van der Waals surface area contributed by atoms with Gasteiger partial charge in [-0.05, 0) is 12.8 Å². The molecule has 0 atom stereocenters. The van der Waals surface area contributed by atoms with Crippen molar-refractivity contribution >= 4 is 22.9 Å². The third-order valence-corrected chi connectivity index (χ3v) is 3.55. The Morgan fingerprint density at radius 1 is 1.39 bits per heavy atom. The maximum Gasteiger partial charge on any atom is 0.224 e. The third kappa shape index (κ3) is 1.76. The number of aromatic nitrogens is 4. The lowest BCUT2D eigenvalue weighted by molar-refractivity contribution is 0.214. The number of aromatic amines is 1.